The number of aromatic nitrogens is 1. The number of aryl methyl sites for hydroxylation is 2. The molecule has 8 heteroatoms. The first-order valence-electron chi connectivity index (χ1n) is 10.9. The fourth-order valence-electron chi connectivity index (χ4n) is 4.20. The van der Waals surface area contributed by atoms with Gasteiger partial charge in [0.2, 0.25) is 0 Å². The molecule has 6 nitrogen and oxygen atoms in total. The van der Waals surface area contributed by atoms with Crippen LogP contribution in [0, 0.1) is 13.8 Å². The number of nitrogens with zero attached hydrogens (tertiary/aromatic N) is 2. The highest BCUT2D eigenvalue weighted by molar-refractivity contribution is 7.90. The van der Waals surface area contributed by atoms with Crippen molar-refractivity contribution >= 4 is 36.5 Å². The van der Waals surface area contributed by atoms with Crippen LogP contribution in [0.1, 0.15) is 23.1 Å². The minimum absolute atomic E-state index is 0.203. The highest BCUT2D eigenvalue weighted by atomic mass is 32.2. The normalized spacial score (nSPS) is 14.5. The molecule has 0 atom stereocenters. The van der Waals surface area contributed by atoms with E-state index in [0.717, 1.165) is 22.1 Å². The van der Waals surface area contributed by atoms with Crippen molar-refractivity contribution < 1.29 is 16.8 Å². The predicted octanol–water partition coefficient (Wildman–Crippen LogP) is 4.93. The van der Waals surface area contributed by atoms with E-state index < -0.39 is 20.0 Å². The molecule has 1 aromatic heterocycles. The maximum atomic E-state index is 13.5. The van der Waals surface area contributed by atoms with Gasteiger partial charge >= 0.3 is 0 Å². The Labute approximate surface area is 199 Å². The van der Waals surface area contributed by atoms with Crippen molar-refractivity contribution in [3.05, 3.63) is 102 Å². The van der Waals surface area contributed by atoms with E-state index in [1.54, 1.807) is 73.1 Å². The van der Waals surface area contributed by atoms with E-state index in [1.165, 1.54) is 8.28 Å². The summed E-state index contributed by atoms with van der Waals surface area (Å²) in [5, 5.41) is 0.763. The first-order chi connectivity index (χ1) is 16.2. The van der Waals surface area contributed by atoms with Gasteiger partial charge in [-0.1, -0.05) is 53.6 Å². The summed E-state index contributed by atoms with van der Waals surface area (Å²) >= 11 is 0. The second-order valence-corrected chi connectivity index (χ2v) is 12.2. The largest absolute Gasteiger partial charge is 0.273 e. The minimum Gasteiger partial charge on any atom is -0.273 e. The molecule has 0 N–H and O–H groups in total. The second-order valence-electron chi connectivity index (χ2n) is 8.51. The predicted molar refractivity (Wildman–Crippen MR) is 133 cm³/mol. The van der Waals surface area contributed by atoms with E-state index in [-0.39, 0.29) is 9.79 Å². The van der Waals surface area contributed by atoms with Crippen molar-refractivity contribution in [2.24, 2.45) is 0 Å². The SMILES string of the molecule is Cc1ccc(S(=O)(=O)N2C=C(c3cn(S(=O)(=O)c4ccc(C)cc4)c4ccccc34)CC2)cc1. The van der Waals surface area contributed by atoms with Crippen LogP contribution in [0.3, 0.4) is 0 Å². The highest BCUT2D eigenvalue weighted by Gasteiger charge is 2.29. The van der Waals surface area contributed by atoms with Crippen LogP contribution in [-0.2, 0) is 20.0 Å². The van der Waals surface area contributed by atoms with Gasteiger partial charge in [-0.25, -0.2) is 20.8 Å². The summed E-state index contributed by atoms with van der Waals surface area (Å²) in [7, 11) is -7.51. The van der Waals surface area contributed by atoms with Crippen LogP contribution in [-0.4, -0.2) is 31.7 Å². The lowest BCUT2D eigenvalue weighted by molar-refractivity contribution is 0.517. The molecule has 0 saturated heterocycles. The average molecular weight is 493 g/mol. The van der Waals surface area contributed by atoms with Crippen LogP contribution < -0.4 is 0 Å². The summed E-state index contributed by atoms with van der Waals surface area (Å²) in [6, 6.07) is 20.8. The van der Waals surface area contributed by atoms with Gasteiger partial charge in [0.15, 0.2) is 0 Å². The molecule has 1 aliphatic heterocycles. The van der Waals surface area contributed by atoms with E-state index in [2.05, 4.69) is 0 Å². The van der Waals surface area contributed by atoms with Crippen LogP contribution >= 0.6 is 0 Å². The maximum Gasteiger partial charge on any atom is 0.268 e. The van der Waals surface area contributed by atoms with Crippen LogP contribution in [0.2, 0.25) is 0 Å². The number of hydrogen-bond donors (Lipinski definition) is 0. The van der Waals surface area contributed by atoms with Gasteiger partial charge < -0.3 is 0 Å². The lowest BCUT2D eigenvalue weighted by Crippen LogP contribution is -2.23. The van der Waals surface area contributed by atoms with Gasteiger partial charge in [0, 0.05) is 29.9 Å². The molecule has 0 amide bonds. The summed E-state index contributed by atoms with van der Waals surface area (Å²) in [5.41, 5.74) is 4.01. The number of benzene rings is 3. The Bertz CT molecular complexity index is 1630. The molecule has 0 bridgehead atoms. The van der Waals surface area contributed by atoms with E-state index >= 15 is 0 Å². The maximum absolute atomic E-state index is 13.5. The van der Waals surface area contributed by atoms with Crippen LogP contribution in [0.4, 0.5) is 0 Å². The zero-order valence-corrected chi connectivity index (χ0v) is 20.5. The van der Waals surface area contributed by atoms with Crippen LogP contribution in [0.15, 0.2) is 95.0 Å². The van der Waals surface area contributed by atoms with Crippen LogP contribution in [0.5, 0.6) is 0 Å². The topological polar surface area (TPSA) is 76.5 Å². The van der Waals surface area contributed by atoms with Crippen molar-refractivity contribution in [2.75, 3.05) is 6.54 Å². The fraction of sp³-hybridized carbons (Fsp3) is 0.154. The van der Waals surface area contributed by atoms with Crippen LogP contribution in [0.25, 0.3) is 16.5 Å². The van der Waals surface area contributed by atoms with Crippen molar-refractivity contribution in [2.45, 2.75) is 30.1 Å². The highest BCUT2D eigenvalue weighted by Crippen LogP contribution is 2.36. The molecule has 0 fully saturated rings. The Morgan fingerprint density at radius 2 is 1.26 bits per heavy atom. The van der Waals surface area contributed by atoms with E-state index in [4.69, 9.17) is 0 Å². The molecule has 0 aliphatic carbocycles. The molecular weight excluding hydrogens is 468 g/mol. The van der Waals surface area contributed by atoms with Gasteiger partial charge in [-0.15, -0.1) is 0 Å². The molecule has 5 rings (SSSR count). The van der Waals surface area contributed by atoms with Crippen molar-refractivity contribution in [3.8, 4) is 0 Å². The number of hydrogen-bond acceptors (Lipinski definition) is 4. The second kappa shape index (κ2) is 8.14. The molecule has 4 aromatic rings. The molecule has 0 saturated carbocycles. The zero-order chi connectivity index (χ0) is 24.1. The van der Waals surface area contributed by atoms with Crippen molar-refractivity contribution in [3.63, 3.8) is 0 Å². The molecule has 1 aliphatic rings. The Balaban J connectivity index is 1.59. The van der Waals surface area contributed by atoms with Gasteiger partial charge in [0.25, 0.3) is 20.0 Å². The fourth-order valence-corrected chi connectivity index (χ4v) is 6.92. The number of para-hydroxylation sites is 1. The van der Waals surface area contributed by atoms with E-state index in [9.17, 15) is 16.8 Å². The smallest absolute Gasteiger partial charge is 0.268 e. The molecular formula is C26H24N2O4S2. The summed E-state index contributed by atoms with van der Waals surface area (Å²) in [4.78, 5) is 0.439. The summed E-state index contributed by atoms with van der Waals surface area (Å²) < 4.78 is 55.8. The zero-order valence-electron chi connectivity index (χ0n) is 18.8. The van der Waals surface area contributed by atoms with Crippen molar-refractivity contribution in [1.82, 2.24) is 8.28 Å². The van der Waals surface area contributed by atoms with E-state index in [1.807, 2.05) is 26.0 Å². The third-order valence-corrected chi connectivity index (χ3v) is 9.59. The Kier molecular flexibility index (Phi) is 5.37. The van der Waals surface area contributed by atoms with Gasteiger partial charge in [0.1, 0.15) is 0 Å². The molecule has 2 heterocycles. The van der Waals surface area contributed by atoms with Gasteiger partial charge in [-0.2, -0.15) is 0 Å². The standard InChI is InChI=1S/C26H24N2O4S2/c1-19-7-11-22(12-8-19)33(29,30)27-16-15-21(17-27)25-18-28(26-6-4-3-5-24(25)26)34(31,32)23-13-9-20(2)10-14-23/h3-14,17-18H,15-16H2,1-2H3. The Morgan fingerprint density at radius 3 is 1.88 bits per heavy atom. The number of fused-ring (bicyclic) bond motifs is 1. The molecule has 0 spiro atoms. The van der Waals surface area contributed by atoms with Gasteiger partial charge in [0.05, 0.1) is 15.3 Å². The summed E-state index contributed by atoms with van der Waals surface area (Å²) in [5.74, 6) is 0. The third-order valence-electron chi connectivity index (χ3n) is 6.13. The lowest BCUT2D eigenvalue weighted by atomic mass is 10.0. The van der Waals surface area contributed by atoms with Gasteiger partial charge in [-0.05, 0) is 56.2 Å². The number of sulfonamides is 1. The monoisotopic (exact) mass is 492 g/mol. The first-order valence-corrected chi connectivity index (χ1v) is 13.8. The molecule has 0 unspecified atom stereocenters. The Hall–Kier alpha value is -3.36. The number of rotatable bonds is 5. The quantitative estimate of drug-likeness (QED) is 0.396. The average Bonchev–Trinajstić information content (AvgIpc) is 3.46. The molecule has 34 heavy (non-hydrogen) atoms. The minimum atomic E-state index is -3.82. The summed E-state index contributed by atoms with van der Waals surface area (Å²) in [6.45, 7) is 4.11. The van der Waals surface area contributed by atoms with Gasteiger partial charge in [-0.3, -0.25) is 4.31 Å². The summed E-state index contributed by atoms with van der Waals surface area (Å²) in [6.07, 6.45) is 3.72. The molecule has 3 aromatic carbocycles. The van der Waals surface area contributed by atoms with E-state index in [0.29, 0.717) is 24.0 Å². The lowest BCUT2D eigenvalue weighted by Gasteiger charge is -2.15. The molecule has 174 valence electrons. The molecule has 0 radical (unpaired) electrons. The third kappa shape index (κ3) is 3.73. The van der Waals surface area contributed by atoms with Crippen molar-refractivity contribution in [1.29, 1.82) is 0 Å². The Morgan fingerprint density at radius 1 is 0.706 bits per heavy atom. The first kappa shape index (κ1) is 22.4.